The van der Waals surface area contributed by atoms with Gasteiger partial charge in [-0.2, -0.15) is 4.52 Å². The summed E-state index contributed by atoms with van der Waals surface area (Å²) in [6, 6.07) is 9.53. The summed E-state index contributed by atoms with van der Waals surface area (Å²) < 4.78 is 32.0. The van der Waals surface area contributed by atoms with Crippen molar-refractivity contribution in [2.75, 3.05) is 5.32 Å². The van der Waals surface area contributed by atoms with Crippen LogP contribution in [0.1, 0.15) is 19.2 Å². The molecule has 1 aromatic carbocycles. The number of carbonyl (C=O) groups is 1. The van der Waals surface area contributed by atoms with E-state index in [0.717, 1.165) is 4.52 Å². The highest BCUT2D eigenvalue weighted by Gasteiger charge is 2.17. The van der Waals surface area contributed by atoms with E-state index < -0.39 is 12.2 Å². The molecular formula is C14H11F2N5O2. The minimum atomic E-state index is -2.79. The van der Waals surface area contributed by atoms with Crippen molar-refractivity contribution >= 4 is 17.2 Å². The highest BCUT2D eigenvalue weighted by molar-refractivity contribution is 5.88. The van der Waals surface area contributed by atoms with Crippen LogP contribution in [-0.4, -0.2) is 25.7 Å². The lowest BCUT2D eigenvalue weighted by atomic mass is 10.3. The molecule has 0 aliphatic carbocycles. The van der Waals surface area contributed by atoms with Gasteiger partial charge in [0.15, 0.2) is 5.65 Å². The number of anilines is 1. The molecule has 23 heavy (non-hydrogen) atoms. The van der Waals surface area contributed by atoms with Gasteiger partial charge in [0.05, 0.1) is 0 Å². The van der Waals surface area contributed by atoms with Crippen LogP contribution in [0.15, 0.2) is 36.4 Å². The van der Waals surface area contributed by atoms with E-state index in [2.05, 4.69) is 20.6 Å². The molecule has 1 N–H and O–H groups in total. The molecule has 9 heteroatoms. The predicted molar refractivity (Wildman–Crippen MR) is 76.6 cm³/mol. The average molecular weight is 319 g/mol. The Kier molecular flexibility index (Phi) is 3.83. The van der Waals surface area contributed by atoms with Gasteiger partial charge in [0.25, 0.3) is 6.43 Å². The first-order chi connectivity index (χ1) is 11.0. The van der Waals surface area contributed by atoms with E-state index in [4.69, 9.17) is 4.74 Å². The second kappa shape index (κ2) is 5.95. The number of rotatable bonds is 4. The quantitative estimate of drug-likeness (QED) is 0.799. The molecule has 0 spiro atoms. The summed E-state index contributed by atoms with van der Waals surface area (Å²) in [7, 11) is 0. The summed E-state index contributed by atoms with van der Waals surface area (Å²) >= 11 is 0. The normalized spacial score (nSPS) is 11.0. The first-order valence-electron chi connectivity index (χ1n) is 6.59. The molecule has 0 unspecified atom stereocenters. The van der Waals surface area contributed by atoms with E-state index >= 15 is 0 Å². The zero-order valence-electron chi connectivity index (χ0n) is 11.9. The number of hydrogen-bond acceptors (Lipinski definition) is 5. The standard InChI is InChI=1S/C14H11F2N5O2/c1-8(22)17-9-2-4-10(5-3-9)23-12-7-6-11-18-19-14(13(15)16)21(11)20-12/h2-7,13H,1H3,(H,17,22). The summed E-state index contributed by atoms with van der Waals surface area (Å²) in [5.41, 5.74) is 0.820. The number of alkyl halides is 2. The number of aromatic nitrogens is 4. The number of ether oxygens (including phenoxy) is 1. The lowest BCUT2D eigenvalue weighted by molar-refractivity contribution is -0.114. The third-order valence-electron chi connectivity index (χ3n) is 2.85. The van der Waals surface area contributed by atoms with Gasteiger partial charge in [0.1, 0.15) is 5.75 Å². The molecule has 0 radical (unpaired) electrons. The number of nitrogens with zero attached hydrogens (tertiary/aromatic N) is 4. The third-order valence-corrected chi connectivity index (χ3v) is 2.85. The fraction of sp³-hybridized carbons (Fsp3) is 0.143. The fourth-order valence-electron chi connectivity index (χ4n) is 1.91. The summed E-state index contributed by atoms with van der Waals surface area (Å²) in [5, 5.41) is 13.6. The van der Waals surface area contributed by atoms with E-state index in [9.17, 15) is 13.6 Å². The van der Waals surface area contributed by atoms with Crippen LogP contribution >= 0.6 is 0 Å². The summed E-state index contributed by atoms with van der Waals surface area (Å²) in [6.07, 6.45) is -2.79. The monoisotopic (exact) mass is 319 g/mol. The molecule has 2 heterocycles. The molecule has 0 aliphatic rings. The van der Waals surface area contributed by atoms with Crippen molar-refractivity contribution < 1.29 is 18.3 Å². The molecule has 3 rings (SSSR count). The van der Waals surface area contributed by atoms with Gasteiger partial charge in [0.2, 0.25) is 17.6 Å². The zero-order chi connectivity index (χ0) is 16.4. The van der Waals surface area contributed by atoms with Gasteiger partial charge in [0, 0.05) is 18.7 Å². The molecule has 0 bridgehead atoms. The Morgan fingerprint density at radius 1 is 1.17 bits per heavy atom. The van der Waals surface area contributed by atoms with Crippen LogP contribution in [0.5, 0.6) is 11.6 Å². The maximum absolute atomic E-state index is 12.8. The Labute approximate surface area is 128 Å². The Hall–Kier alpha value is -3.10. The molecule has 118 valence electrons. The lowest BCUT2D eigenvalue weighted by Gasteiger charge is -2.07. The van der Waals surface area contributed by atoms with E-state index in [-0.39, 0.29) is 17.4 Å². The molecule has 0 atom stereocenters. The maximum Gasteiger partial charge on any atom is 0.299 e. The van der Waals surface area contributed by atoms with Crippen molar-refractivity contribution in [3.8, 4) is 11.6 Å². The second-order valence-corrected chi connectivity index (χ2v) is 4.61. The number of nitrogens with one attached hydrogen (secondary N) is 1. The van der Waals surface area contributed by atoms with E-state index in [0.29, 0.717) is 11.4 Å². The van der Waals surface area contributed by atoms with Gasteiger partial charge in [-0.3, -0.25) is 4.79 Å². The molecule has 1 amide bonds. The highest BCUT2D eigenvalue weighted by atomic mass is 19.3. The van der Waals surface area contributed by atoms with Crippen LogP contribution in [-0.2, 0) is 4.79 Å². The van der Waals surface area contributed by atoms with Gasteiger partial charge >= 0.3 is 0 Å². The van der Waals surface area contributed by atoms with Crippen molar-refractivity contribution in [1.82, 2.24) is 19.8 Å². The zero-order valence-corrected chi connectivity index (χ0v) is 11.9. The summed E-state index contributed by atoms with van der Waals surface area (Å²) in [4.78, 5) is 10.9. The van der Waals surface area contributed by atoms with E-state index in [1.165, 1.54) is 19.1 Å². The third kappa shape index (κ3) is 3.23. The van der Waals surface area contributed by atoms with Crippen LogP contribution < -0.4 is 10.1 Å². The molecule has 3 aromatic rings. The maximum atomic E-state index is 12.8. The van der Waals surface area contributed by atoms with Gasteiger partial charge in [-0.25, -0.2) is 8.78 Å². The fourth-order valence-corrected chi connectivity index (χ4v) is 1.91. The summed E-state index contributed by atoms with van der Waals surface area (Å²) in [5.74, 6) is -0.173. The Morgan fingerprint density at radius 3 is 2.57 bits per heavy atom. The van der Waals surface area contributed by atoms with E-state index in [1.807, 2.05) is 0 Å². The van der Waals surface area contributed by atoms with Crippen molar-refractivity contribution in [1.29, 1.82) is 0 Å². The van der Waals surface area contributed by atoms with Crippen molar-refractivity contribution in [3.63, 3.8) is 0 Å². The second-order valence-electron chi connectivity index (χ2n) is 4.61. The van der Waals surface area contributed by atoms with E-state index in [1.54, 1.807) is 24.3 Å². The highest BCUT2D eigenvalue weighted by Crippen LogP contribution is 2.23. The van der Waals surface area contributed by atoms with Gasteiger partial charge in [-0.1, -0.05) is 0 Å². The first kappa shape index (κ1) is 14.8. The van der Waals surface area contributed by atoms with Crippen molar-refractivity contribution in [2.24, 2.45) is 0 Å². The van der Waals surface area contributed by atoms with Gasteiger partial charge < -0.3 is 10.1 Å². The van der Waals surface area contributed by atoms with Crippen molar-refractivity contribution in [2.45, 2.75) is 13.3 Å². The largest absolute Gasteiger partial charge is 0.438 e. The van der Waals surface area contributed by atoms with Crippen LogP contribution in [0, 0.1) is 0 Å². The van der Waals surface area contributed by atoms with Crippen LogP contribution in [0.25, 0.3) is 5.65 Å². The Bertz CT molecular complexity index is 848. The topological polar surface area (TPSA) is 81.4 Å². The van der Waals surface area contributed by atoms with Crippen molar-refractivity contribution in [3.05, 3.63) is 42.2 Å². The number of fused-ring (bicyclic) bond motifs is 1. The molecular weight excluding hydrogens is 308 g/mol. The Balaban J connectivity index is 1.83. The number of benzene rings is 1. The molecule has 2 aromatic heterocycles. The number of carbonyl (C=O) groups excluding carboxylic acids is 1. The summed E-state index contributed by atoms with van der Waals surface area (Å²) in [6.45, 7) is 1.41. The number of hydrogen-bond donors (Lipinski definition) is 1. The first-order valence-corrected chi connectivity index (χ1v) is 6.59. The molecule has 0 fully saturated rings. The van der Waals surface area contributed by atoms with Crippen LogP contribution in [0.2, 0.25) is 0 Å². The average Bonchev–Trinajstić information content (AvgIpc) is 2.92. The predicted octanol–water partition coefficient (Wildman–Crippen LogP) is 2.81. The number of amides is 1. The molecule has 0 saturated carbocycles. The lowest BCUT2D eigenvalue weighted by Crippen LogP contribution is -2.05. The SMILES string of the molecule is CC(=O)Nc1ccc(Oc2ccc3nnc(C(F)F)n3n2)cc1. The van der Waals surface area contributed by atoms with Gasteiger partial charge in [-0.15, -0.1) is 15.3 Å². The molecule has 0 saturated heterocycles. The smallest absolute Gasteiger partial charge is 0.299 e. The minimum Gasteiger partial charge on any atom is -0.438 e. The molecule has 0 aliphatic heterocycles. The number of halogens is 2. The van der Waals surface area contributed by atoms with Gasteiger partial charge in [-0.05, 0) is 30.3 Å². The van der Waals surface area contributed by atoms with Crippen LogP contribution in [0.4, 0.5) is 14.5 Å². The Morgan fingerprint density at radius 2 is 1.91 bits per heavy atom. The minimum absolute atomic E-state index is 0.117. The molecule has 7 nitrogen and oxygen atoms in total. The van der Waals surface area contributed by atoms with Crippen LogP contribution in [0.3, 0.4) is 0 Å².